The normalized spacial score (nSPS) is 27.2. The zero-order valence-corrected chi connectivity index (χ0v) is 12.3. The van der Waals surface area contributed by atoms with Crippen LogP contribution < -0.4 is 10.5 Å². The molecule has 0 bridgehead atoms. The van der Waals surface area contributed by atoms with Gasteiger partial charge in [-0.3, -0.25) is 0 Å². The van der Waals surface area contributed by atoms with Gasteiger partial charge in [0.2, 0.25) is 0 Å². The number of methoxy groups -OCH3 is 1. The van der Waals surface area contributed by atoms with Crippen molar-refractivity contribution < 1.29 is 4.74 Å². The van der Waals surface area contributed by atoms with E-state index in [1.807, 2.05) is 12.1 Å². The summed E-state index contributed by atoms with van der Waals surface area (Å²) in [6, 6.07) is 8.26. The van der Waals surface area contributed by atoms with Gasteiger partial charge in [-0.05, 0) is 49.7 Å². The van der Waals surface area contributed by atoms with Crippen molar-refractivity contribution in [2.75, 3.05) is 7.11 Å². The minimum atomic E-state index is -0.0289. The third-order valence-electron chi connectivity index (χ3n) is 4.53. The van der Waals surface area contributed by atoms with Gasteiger partial charge in [0.15, 0.2) is 0 Å². The number of rotatable bonds is 5. The maximum absolute atomic E-state index is 6.62. The Kier molecular flexibility index (Phi) is 4.87. The number of hydrogen-bond acceptors (Lipinski definition) is 2. The van der Waals surface area contributed by atoms with Crippen LogP contribution in [0.15, 0.2) is 24.3 Å². The van der Waals surface area contributed by atoms with Gasteiger partial charge in [0.1, 0.15) is 5.75 Å². The summed E-state index contributed by atoms with van der Waals surface area (Å²) in [5.41, 5.74) is 7.84. The van der Waals surface area contributed by atoms with Crippen LogP contribution in [0.25, 0.3) is 0 Å². The highest BCUT2D eigenvalue weighted by Crippen LogP contribution is 2.36. The molecule has 0 aliphatic heterocycles. The van der Waals surface area contributed by atoms with Crippen LogP contribution in [0.1, 0.15) is 51.0 Å². The Morgan fingerprint density at radius 2 is 1.95 bits per heavy atom. The van der Waals surface area contributed by atoms with Crippen LogP contribution in [0.3, 0.4) is 0 Å². The minimum Gasteiger partial charge on any atom is -0.496 e. The Bertz CT molecular complexity index is 394. The van der Waals surface area contributed by atoms with E-state index in [0.29, 0.717) is 0 Å². The molecule has 0 saturated heterocycles. The first kappa shape index (κ1) is 14.4. The number of nitrogens with two attached hydrogens (primary N) is 1. The molecule has 2 heteroatoms. The summed E-state index contributed by atoms with van der Waals surface area (Å²) in [6.07, 6.45) is 8.49. The largest absolute Gasteiger partial charge is 0.496 e. The standard InChI is InChI=1S/C17H27NO/c1-3-6-14-9-11-17(18,12-10-14)13-15-7-4-5-8-16(15)19-2/h4-5,7-8,14H,3,6,9-13,18H2,1-2H3. The molecule has 1 aromatic carbocycles. The monoisotopic (exact) mass is 261 g/mol. The second-order valence-electron chi connectivity index (χ2n) is 6.08. The lowest BCUT2D eigenvalue weighted by atomic mass is 9.73. The highest BCUT2D eigenvalue weighted by molar-refractivity contribution is 5.34. The molecule has 0 atom stereocenters. The van der Waals surface area contributed by atoms with Gasteiger partial charge < -0.3 is 10.5 Å². The lowest BCUT2D eigenvalue weighted by Gasteiger charge is -2.37. The van der Waals surface area contributed by atoms with Gasteiger partial charge in [-0.25, -0.2) is 0 Å². The van der Waals surface area contributed by atoms with Crippen molar-refractivity contribution in [3.8, 4) is 5.75 Å². The number of ether oxygens (including phenoxy) is 1. The van der Waals surface area contributed by atoms with Gasteiger partial charge >= 0.3 is 0 Å². The molecule has 0 aromatic heterocycles. The Labute approximate surface area is 117 Å². The van der Waals surface area contributed by atoms with E-state index in [1.54, 1.807) is 7.11 Å². The average molecular weight is 261 g/mol. The van der Waals surface area contributed by atoms with Crippen molar-refractivity contribution in [2.45, 2.75) is 57.4 Å². The number of para-hydroxylation sites is 1. The van der Waals surface area contributed by atoms with Gasteiger partial charge in [-0.1, -0.05) is 38.0 Å². The first-order valence-electron chi connectivity index (χ1n) is 7.57. The molecule has 0 amide bonds. The quantitative estimate of drug-likeness (QED) is 0.871. The van der Waals surface area contributed by atoms with Crippen LogP contribution in [-0.4, -0.2) is 12.6 Å². The molecule has 0 radical (unpaired) electrons. The summed E-state index contributed by atoms with van der Waals surface area (Å²) < 4.78 is 5.44. The van der Waals surface area contributed by atoms with Crippen molar-refractivity contribution in [3.63, 3.8) is 0 Å². The fourth-order valence-electron chi connectivity index (χ4n) is 3.35. The van der Waals surface area contributed by atoms with Crippen LogP contribution in [-0.2, 0) is 6.42 Å². The van der Waals surface area contributed by atoms with Crippen molar-refractivity contribution in [1.29, 1.82) is 0 Å². The molecular formula is C17H27NO. The molecule has 1 aliphatic carbocycles. The molecule has 0 unspecified atom stereocenters. The van der Waals surface area contributed by atoms with Crippen molar-refractivity contribution in [2.24, 2.45) is 11.7 Å². The molecule has 0 spiro atoms. The molecule has 2 rings (SSSR count). The second-order valence-corrected chi connectivity index (χ2v) is 6.08. The zero-order valence-electron chi connectivity index (χ0n) is 12.3. The van der Waals surface area contributed by atoms with Crippen molar-refractivity contribution in [1.82, 2.24) is 0 Å². The first-order chi connectivity index (χ1) is 9.17. The third-order valence-corrected chi connectivity index (χ3v) is 4.53. The minimum absolute atomic E-state index is 0.0289. The molecule has 19 heavy (non-hydrogen) atoms. The topological polar surface area (TPSA) is 35.2 Å². The molecule has 1 fully saturated rings. The predicted octanol–water partition coefficient (Wildman–Crippen LogP) is 3.93. The average Bonchev–Trinajstić information content (AvgIpc) is 2.42. The summed E-state index contributed by atoms with van der Waals surface area (Å²) in [7, 11) is 1.74. The fraction of sp³-hybridized carbons (Fsp3) is 0.647. The highest BCUT2D eigenvalue weighted by atomic mass is 16.5. The maximum Gasteiger partial charge on any atom is 0.122 e. The van der Waals surface area contributed by atoms with Crippen LogP contribution in [0.5, 0.6) is 5.75 Å². The second kappa shape index (κ2) is 6.42. The van der Waals surface area contributed by atoms with E-state index in [1.165, 1.54) is 31.2 Å². The van der Waals surface area contributed by atoms with E-state index in [4.69, 9.17) is 10.5 Å². The molecule has 1 aliphatic rings. The van der Waals surface area contributed by atoms with Gasteiger partial charge in [-0.15, -0.1) is 0 Å². The molecule has 2 nitrogen and oxygen atoms in total. The summed E-state index contributed by atoms with van der Waals surface area (Å²) in [5, 5.41) is 0. The van der Waals surface area contributed by atoms with Crippen LogP contribution in [0, 0.1) is 5.92 Å². The van der Waals surface area contributed by atoms with Crippen molar-refractivity contribution >= 4 is 0 Å². The number of hydrogen-bond donors (Lipinski definition) is 1. The van der Waals surface area contributed by atoms with Crippen LogP contribution in [0.4, 0.5) is 0 Å². The summed E-state index contributed by atoms with van der Waals surface area (Å²) in [6.45, 7) is 2.28. The predicted molar refractivity (Wildman–Crippen MR) is 80.5 cm³/mol. The van der Waals surface area contributed by atoms with Crippen LogP contribution >= 0.6 is 0 Å². The van der Waals surface area contributed by atoms with Crippen LogP contribution in [0.2, 0.25) is 0 Å². The fourth-order valence-corrected chi connectivity index (χ4v) is 3.35. The summed E-state index contributed by atoms with van der Waals surface area (Å²) in [5.74, 6) is 1.88. The van der Waals surface area contributed by atoms with E-state index in [0.717, 1.165) is 30.9 Å². The van der Waals surface area contributed by atoms with Gasteiger partial charge in [0, 0.05) is 5.54 Å². The van der Waals surface area contributed by atoms with Gasteiger partial charge in [-0.2, -0.15) is 0 Å². The molecule has 106 valence electrons. The Morgan fingerprint density at radius 3 is 2.58 bits per heavy atom. The van der Waals surface area contributed by atoms with E-state index >= 15 is 0 Å². The molecule has 1 saturated carbocycles. The highest BCUT2D eigenvalue weighted by Gasteiger charge is 2.32. The molecular weight excluding hydrogens is 234 g/mol. The van der Waals surface area contributed by atoms with Gasteiger partial charge in [0.05, 0.1) is 7.11 Å². The molecule has 2 N–H and O–H groups in total. The van der Waals surface area contributed by atoms with E-state index in [9.17, 15) is 0 Å². The van der Waals surface area contributed by atoms with E-state index in [2.05, 4.69) is 19.1 Å². The maximum atomic E-state index is 6.62. The Balaban J connectivity index is 1.99. The van der Waals surface area contributed by atoms with E-state index in [-0.39, 0.29) is 5.54 Å². The smallest absolute Gasteiger partial charge is 0.122 e. The lowest BCUT2D eigenvalue weighted by molar-refractivity contribution is 0.222. The summed E-state index contributed by atoms with van der Waals surface area (Å²) >= 11 is 0. The summed E-state index contributed by atoms with van der Waals surface area (Å²) in [4.78, 5) is 0. The first-order valence-corrected chi connectivity index (χ1v) is 7.57. The third kappa shape index (κ3) is 3.73. The Morgan fingerprint density at radius 1 is 1.26 bits per heavy atom. The van der Waals surface area contributed by atoms with Crippen molar-refractivity contribution in [3.05, 3.63) is 29.8 Å². The molecule has 1 aromatic rings. The molecule has 0 heterocycles. The van der Waals surface area contributed by atoms with E-state index < -0.39 is 0 Å². The van der Waals surface area contributed by atoms with Gasteiger partial charge in [0.25, 0.3) is 0 Å². The lowest BCUT2D eigenvalue weighted by Crippen LogP contribution is -2.45. The number of benzene rings is 1. The Hall–Kier alpha value is -1.02. The zero-order chi connectivity index (χ0) is 13.7. The SMILES string of the molecule is CCCC1CCC(N)(Cc2ccccc2OC)CC1.